The van der Waals surface area contributed by atoms with E-state index >= 15 is 0 Å². The molecule has 1 N–H and O–H groups in total. The summed E-state index contributed by atoms with van der Waals surface area (Å²) in [6.07, 6.45) is 2.04. The van der Waals surface area contributed by atoms with Gasteiger partial charge in [0.15, 0.2) is 0 Å². The van der Waals surface area contributed by atoms with Gasteiger partial charge in [-0.3, -0.25) is 4.79 Å². The van der Waals surface area contributed by atoms with Gasteiger partial charge in [0.05, 0.1) is 12.2 Å². The van der Waals surface area contributed by atoms with Crippen molar-refractivity contribution in [2.24, 2.45) is 0 Å². The minimum atomic E-state index is -0.395. The molecule has 0 aliphatic carbocycles. The van der Waals surface area contributed by atoms with E-state index in [9.17, 15) is 9.18 Å². The molecule has 1 unspecified atom stereocenters. The maximum atomic E-state index is 13.1. The van der Waals surface area contributed by atoms with E-state index in [0.29, 0.717) is 13.0 Å². The van der Waals surface area contributed by atoms with Gasteiger partial charge in [0.1, 0.15) is 11.6 Å². The molecule has 1 heterocycles. The highest BCUT2D eigenvalue weighted by Gasteiger charge is 2.22. The van der Waals surface area contributed by atoms with Gasteiger partial charge in [-0.15, -0.1) is 0 Å². The fourth-order valence-electron chi connectivity index (χ4n) is 2.21. The smallest absolute Gasteiger partial charge is 0.228 e. The number of carbonyl (C=O) groups is 1. The third kappa shape index (κ3) is 4.70. The standard InChI is InChI=1S/C17H21FN2O2/c1-20(2)10-9-19-17(21)16(12-15-4-3-11-22-15)13-5-7-14(18)8-6-13/h3-8,11,16H,9-10,12H2,1-2H3,(H,19,21). The molecule has 0 saturated heterocycles. The van der Waals surface area contributed by atoms with E-state index in [4.69, 9.17) is 4.42 Å². The SMILES string of the molecule is CN(C)CCNC(=O)C(Cc1ccco1)c1ccc(F)cc1. The Morgan fingerprint density at radius 3 is 2.59 bits per heavy atom. The zero-order valence-electron chi connectivity index (χ0n) is 12.9. The first-order chi connectivity index (χ1) is 10.6. The van der Waals surface area contributed by atoms with Crippen LogP contribution in [0.2, 0.25) is 0 Å². The molecule has 1 aromatic heterocycles. The zero-order chi connectivity index (χ0) is 15.9. The van der Waals surface area contributed by atoms with Crippen LogP contribution in [-0.2, 0) is 11.2 Å². The molecule has 2 aromatic rings. The van der Waals surface area contributed by atoms with Crippen molar-refractivity contribution in [2.75, 3.05) is 27.2 Å². The van der Waals surface area contributed by atoms with Crippen molar-refractivity contribution in [1.82, 2.24) is 10.2 Å². The predicted octanol–water partition coefficient (Wildman–Crippen LogP) is 2.42. The quantitative estimate of drug-likeness (QED) is 0.854. The van der Waals surface area contributed by atoms with Gasteiger partial charge in [0.2, 0.25) is 5.91 Å². The summed E-state index contributed by atoms with van der Waals surface area (Å²) in [6.45, 7) is 1.34. The fourth-order valence-corrected chi connectivity index (χ4v) is 2.21. The van der Waals surface area contributed by atoms with Crippen molar-refractivity contribution in [3.8, 4) is 0 Å². The number of hydrogen-bond acceptors (Lipinski definition) is 3. The molecule has 0 fully saturated rings. The molecule has 1 atom stereocenters. The normalized spacial score (nSPS) is 12.4. The molecule has 1 aromatic carbocycles. The predicted molar refractivity (Wildman–Crippen MR) is 83.1 cm³/mol. The highest BCUT2D eigenvalue weighted by Crippen LogP contribution is 2.22. The minimum absolute atomic E-state index is 0.0788. The van der Waals surface area contributed by atoms with Crippen molar-refractivity contribution in [3.05, 3.63) is 59.8 Å². The molecule has 1 amide bonds. The van der Waals surface area contributed by atoms with E-state index < -0.39 is 5.92 Å². The number of rotatable bonds is 7. The summed E-state index contributed by atoms with van der Waals surface area (Å²) in [5, 5.41) is 2.92. The van der Waals surface area contributed by atoms with Gasteiger partial charge in [-0.2, -0.15) is 0 Å². The van der Waals surface area contributed by atoms with Crippen LogP contribution < -0.4 is 5.32 Å². The van der Waals surface area contributed by atoms with Gasteiger partial charge >= 0.3 is 0 Å². The molecule has 4 nitrogen and oxygen atoms in total. The average molecular weight is 304 g/mol. The zero-order valence-corrected chi connectivity index (χ0v) is 12.9. The molecule has 0 radical (unpaired) electrons. The topological polar surface area (TPSA) is 45.5 Å². The van der Waals surface area contributed by atoms with Crippen LogP contribution in [0.15, 0.2) is 47.1 Å². The molecule has 22 heavy (non-hydrogen) atoms. The third-order valence-corrected chi connectivity index (χ3v) is 3.43. The number of carbonyl (C=O) groups excluding carboxylic acids is 1. The van der Waals surface area contributed by atoms with Crippen molar-refractivity contribution in [3.63, 3.8) is 0 Å². The van der Waals surface area contributed by atoms with Gasteiger partial charge in [-0.25, -0.2) is 4.39 Å². The van der Waals surface area contributed by atoms with E-state index in [1.165, 1.54) is 12.1 Å². The van der Waals surface area contributed by atoms with E-state index in [1.54, 1.807) is 24.5 Å². The van der Waals surface area contributed by atoms with Crippen LogP contribution in [0, 0.1) is 5.82 Å². The van der Waals surface area contributed by atoms with E-state index in [-0.39, 0.29) is 11.7 Å². The number of likely N-dealkylation sites (N-methyl/N-ethyl adjacent to an activating group) is 1. The molecular weight excluding hydrogens is 283 g/mol. The van der Waals surface area contributed by atoms with Crippen LogP contribution >= 0.6 is 0 Å². The lowest BCUT2D eigenvalue weighted by molar-refractivity contribution is -0.122. The molecule has 2 rings (SSSR count). The molecule has 0 aliphatic heterocycles. The van der Waals surface area contributed by atoms with Crippen LogP contribution in [0.3, 0.4) is 0 Å². The first-order valence-electron chi connectivity index (χ1n) is 7.26. The first kappa shape index (κ1) is 16.2. The minimum Gasteiger partial charge on any atom is -0.469 e. The van der Waals surface area contributed by atoms with Crippen LogP contribution in [0.1, 0.15) is 17.2 Å². The summed E-state index contributed by atoms with van der Waals surface area (Å²) in [6, 6.07) is 9.67. The Labute approximate surface area is 129 Å². The Morgan fingerprint density at radius 2 is 2.00 bits per heavy atom. The number of benzene rings is 1. The summed E-state index contributed by atoms with van der Waals surface area (Å²) in [4.78, 5) is 14.5. The van der Waals surface area contributed by atoms with Crippen LogP contribution in [0.25, 0.3) is 0 Å². The Bertz CT molecular complexity index is 579. The van der Waals surface area contributed by atoms with Crippen molar-refractivity contribution >= 4 is 5.91 Å². The maximum absolute atomic E-state index is 13.1. The summed E-state index contributed by atoms with van der Waals surface area (Å²) in [7, 11) is 3.90. The summed E-state index contributed by atoms with van der Waals surface area (Å²) < 4.78 is 18.4. The number of nitrogens with zero attached hydrogens (tertiary/aromatic N) is 1. The summed E-state index contributed by atoms with van der Waals surface area (Å²) in [5.74, 6) is -0.0515. The van der Waals surface area contributed by atoms with Gasteiger partial charge < -0.3 is 14.6 Å². The largest absolute Gasteiger partial charge is 0.469 e. The molecule has 5 heteroatoms. The fraction of sp³-hybridized carbons (Fsp3) is 0.353. The van der Waals surface area contributed by atoms with Crippen molar-refractivity contribution < 1.29 is 13.6 Å². The van der Waals surface area contributed by atoms with Crippen LogP contribution in [0.5, 0.6) is 0 Å². The maximum Gasteiger partial charge on any atom is 0.228 e. The van der Waals surface area contributed by atoms with Gasteiger partial charge in [-0.1, -0.05) is 12.1 Å². The molecular formula is C17H21FN2O2. The second kappa shape index (κ2) is 7.75. The van der Waals surface area contributed by atoms with E-state index in [1.807, 2.05) is 25.1 Å². The van der Waals surface area contributed by atoms with Gasteiger partial charge in [0, 0.05) is 19.5 Å². The second-order valence-corrected chi connectivity index (χ2v) is 5.48. The first-order valence-corrected chi connectivity index (χ1v) is 7.26. The Kier molecular flexibility index (Phi) is 5.72. The Balaban J connectivity index is 2.10. The highest BCUT2D eigenvalue weighted by atomic mass is 19.1. The molecule has 0 saturated carbocycles. The number of nitrogens with one attached hydrogen (secondary N) is 1. The van der Waals surface area contributed by atoms with Crippen molar-refractivity contribution in [2.45, 2.75) is 12.3 Å². The average Bonchev–Trinajstić information content (AvgIpc) is 2.98. The monoisotopic (exact) mass is 304 g/mol. The van der Waals surface area contributed by atoms with Crippen LogP contribution in [0.4, 0.5) is 4.39 Å². The lowest BCUT2D eigenvalue weighted by Gasteiger charge is -2.17. The lowest BCUT2D eigenvalue weighted by atomic mass is 9.93. The van der Waals surface area contributed by atoms with Gasteiger partial charge in [0.25, 0.3) is 0 Å². The molecule has 0 aliphatic rings. The molecule has 0 spiro atoms. The third-order valence-electron chi connectivity index (χ3n) is 3.43. The summed E-state index contributed by atoms with van der Waals surface area (Å²) in [5.41, 5.74) is 0.778. The van der Waals surface area contributed by atoms with E-state index in [0.717, 1.165) is 17.9 Å². The summed E-state index contributed by atoms with van der Waals surface area (Å²) >= 11 is 0. The Hall–Kier alpha value is -2.14. The number of furan rings is 1. The number of halogens is 1. The second-order valence-electron chi connectivity index (χ2n) is 5.48. The Morgan fingerprint density at radius 1 is 1.27 bits per heavy atom. The highest BCUT2D eigenvalue weighted by molar-refractivity contribution is 5.83. The molecule has 118 valence electrons. The number of hydrogen-bond donors (Lipinski definition) is 1. The molecule has 0 bridgehead atoms. The van der Waals surface area contributed by atoms with E-state index in [2.05, 4.69) is 5.32 Å². The van der Waals surface area contributed by atoms with Crippen molar-refractivity contribution in [1.29, 1.82) is 0 Å². The van der Waals surface area contributed by atoms with Crippen LogP contribution in [-0.4, -0.2) is 38.0 Å². The van der Waals surface area contributed by atoms with Gasteiger partial charge in [-0.05, 0) is 43.9 Å². The lowest BCUT2D eigenvalue weighted by Crippen LogP contribution is -2.35. The number of amides is 1.